The van der Waals surface area contributed by atoms with Crippen molar-refractivity contribution >= 4 is 23.4 Å². The molecule has 2 aromatic rings. The number of fused-ring (bicyclic) bond motifs is 2. The Morgan fingerprint density at radius 2 is 2.05 bits per heavy atom. The molecule has 0 saturated carbocycles. The number of hydrogen-bond acceptors (Lipinski definition) is 3. The third kappa shape index (κ3) is 3.43. The molecule has 1 heterocycles. The first-order valence-corrected chi connectivity index (χ1v) is 8.37. The normalized spacial score (nSPS) is 17.0. The topological polar surface area (TPSA) is 32.3 Å². The van der Waals surface area contributed by atoms with E-state index in [1.807, 2.05) is 6.07 Å². The summed E-state index contributed by atoms with van der Waals surface area (Å²) in [6.45, 7) is 1.04. The monoisotopic (exact) mass is 319 g/mol. The Bertz CT molecular complexity index is 632. The second kappa shape index (κ2) is 6.84. The summed E-state index contributed by atoms with van der Waals surface area (Å²) < 4.78 is 0. The number of aliphatic hydroxyl groups is 1. The van der Waals surface area contributed by atoms with Gasteiger partial charge < -0.3 is 10.4 Å². The van der Waals surface area contributed by atoms with Gasteiger partial charge in [-0.25, -0.2) is 0 Å². The highest BCUT2D eigenvalue weighted by Gasteiger charge is 2.22. The van der Waals surface area contributed by atoms with Gasteiger partial charge in [-0.3, -0.25) is 0 Å². The molecule has 1 aliphatic rings. The third-order valence-corrected chi connectivity index (χ3v) is 5.13. The Labute approximate surface area is 134 Å². The lowest BCUT2D eigenvalue weighted by Crippen LogP contribution is -2.25. The maximum absolute atomic E-state index is 8.98. The number of hydrogen-bond donors (Lipinski definition) is 2. The molecular weight excluding hydrogens is 302 g/mol. The molecule has 21 heavy (non-hydrogen) atoms. The maximum atomic E-state index is 8.98. The van der Waals surface area contributed by atoms with Gasteiger partial charge in [-0.2, -0.15) is 0 Å². The second-order valence-electron chi connectivity index (χ2n) is 5.18. The van der Waals surface area contributed by atoms with Crippen molar-refractivity contribution in [3.05, 3.63) is 58.6 Å². The van der Waals surface area contributed by atoms with Crippen molar-refractivity contribution in [3.63, 3.8) is 0 Å². The first-order chi connectivity index (χ1) is 10.3. The molecule has 0 unspecified atom stereocenters. The minimum absolute atomic E-state index is 0.221. The average molecular weight is 320 g/mol. The second-order valence-corrected chi connectivity index (χ2v) is 6.70. The van der Waals surface area contributed by atoms with Crippen LogP contribution in [-0.4, -0.2) is 18.3 Å². The number of aliphatic hydroxyl groups excluding tert-OH is 1. The zero-order chi connectivity index (χ0) is 14.7. The van der Waals surface area contributed by atoms with E-state index in [0.717, 1.165) is 24.4 Å². The summed E-state index contributed by atoms with van der Waals surface area (Å²) in [4.78, 5) is 2.57. The first-order valence-electron chi connectivity index (χ1n) is 7.17. The molecule has 0 saturated heterocycles. The van der Waals surface area contributed by atoms with Gasteiger partial charge in [0.05, 0.1) is 0 Å². The van der Waals surface area contributed by atoms with Gasteiger partial charge >= 0.3 is 0 Å². The molecule has 0 aromatic heterocycles. The number of nitrogens with one attached hydrogen (secondary N) is 1. The van der Waals surface area contributed by atoms with Crippen molar-refractivity contribution in [2.24, 2.45) is 0 Å². The molecule has 2 aromatic carbocycles. The van der Waals surface area contributed by atoms with Gasteiger partial charge in [0.15, 0.2) is 0 Å². The van der Waals surface area contributed by atoms with E-state index in [1.165, 1.54) is 20.9 Å². The SMILES string of the molecule is OCCCN[C@@H]1Cc2cc(Cl)ccc2Sc2ccccc21. The summed E-state index contributed by atoms with van der Waals surface area (Å²) in [5.41, 5.74) is 2.61. The van der Waals surface area contributed by atoms with Gasteiger partial charge in [0.2, 0.25) is 0 Å². The average Bonchev–Trinajstić information content (AvgIpc) is 2.64. The van der Waals surface area contributed by atoms with Crippen molar-refractivity contribution in [1.29, 1.82) is 0 Å². The molecular formula is C17H18ClNOS. The van der Waals surface area contributed by atoms with Crippen molar-refractivity contribution < 1.29 is 5.11 Å². The van der Waals surface area contributed by atoms with Gasteiger partial charge in [0.1, 0.15) is 0 Å². The predicted molar refractivity (Wildman–Crippen MR) is 88.2 cm³/mol. The summed E-state index contributed by atoms with van der Waals surface area (Å²) in [5.74, 6) is 0. The summed E-state index contributed by atoms with van der Waals surface area (Å²) >= 11 is 7.96. The molecule has 1 aliphatic heterocycles. The molecule has 3 rings (SSSR count). The highest BCUT2D eigenvalue weighted by Crippen LogP contribution is 2.41. The Hall–Kier alpha value is -1.00. The lowest BCUT2D eigenvalue weighted by molar-refractivity contribution is 0.283. The van der Waals surface area contributed by atoms with E-state index < -0.39 is 0 Å². The lowest BCUT2D eigenvalue weighted by atomic mass is 9.99. The first kappa shape index (κ1) is 14.9. The van der Waals surface area contributed by atoms with Crippen molar-refractivity contribution in [2.75, 3.05) is 13.2 Å². The fraction of sp³-hybridized carbons (Fsp3) is 0.294. The van der Waals surface area contributed by atoms with Crippen LogP contribution in [0.5, 0.6) is 0 Å². The summed E-state index contributed by atoms with van der Waals surface area (Å²) in [5, 5.41) is 13.3. The molecule has 0 radical (unpaired) electrons. The van der Waals surface area contributed by atoms with E-state index in [9.17, 15) is 0 Å². The van der Waals surface area contributed by atoms with E-state index in [1.54, 1.807) is 11.8 Å². The molecule has 2 nitrogen and oxygen atoms in total. The standard InChI is InChI=1S/C17H18ClNOS/c18-13-6-7-16-12(10-13)11-15(19-8-3-9-20)14-4-1-2-5-17(14)21-16/h1-2,4-7,10,15,19-20H,3,8-9,11H2/t15-/m1/s1. The van der Waals surface area contributed by atoms with E-state index >= 15 is 0 Å². The van der Waals surface area contributed by atoms with Crippen LogP contribution >= 0.6 is 23.4 Å². The smallest absolute Gasteiger partial charge is 0.0443 e. The molecule has 4 heteroatoms. The number of benzene rings is 2. The quantitative estimate of drug-likeness (QED) is 0.834. The lowest BCUT2D eigenvalue weighted by Gasteiger charge is -2.19. The summed E-state index contributed by atoms with van der Waals surface area (Å²) in [6, 6.07) is 14.9. The molecule has 0 aliphatic carbocycles. The van der Waals surface area contributed by atoms with Crippen molar-refractivity contribution in [1.82, 2.24) is 5.32 Å². The van der Waals surface area contributed by atoms with Gasteiger partial charge in [0.25, 0.3) is 0 Å². The fourth-order valence-electron chi connectivity index (χ4n) is 2.65. The van der Waals surface area contributed by atoms with Crippen LogP contribution in [0.15, 0.2) is 52.3 Å². The van der Waals surface area contributed by atoms with Crippen LogP contribution in [0.3, 0.4) is 0 Å². The minimum atomic E-state index is 0.221. The van der Waals surface area contributed by atoms with Gasteiger partial charge in [-0.15, -0.1) is 0 Å². The molecule has 0 bridgehead atoms. The molecule has 1 atom stereocenters. The van der Waals surface area contributed by atoms with E-state index in [0.29, 0.717) is 0 Å². The minimum Gasteiger partial charge on any atom is -0.396 e. The zero-order valence-corrected chi connectivity index (χ0v) is 13.3. The van der Waals surface area contributed by atoms with Crippen LogP contribution in [0.25, 0.3) is 0 Å². The third-order valence-electron chi connectivity index (χ3n) is 3.69. The summed E-state index contributed by atoms with van der Waals surface area (Å²) in [6.07, 6.45) is 1.69. The molecule has 0 amide bonds. The Kier molecular flexibility index (Phi) is 4.86. The molecule has 0 spiro atoms. The van der Waals surface area contributed by atoms with Gasteiger partial charge in [0, 0.05) is 27.5 Å². The van der Waals surface area contributed by atoms with Gasteiger partial charge in [-0.1, -0.05) is 41.6 Å². The number of rotatable bonds is 4. The largest absolute Gasteiger partial charge is 0.396 e. The van der Waals surface area contributed by atoms with Crippen LogP contribution in [0.1, 0.15) is 23.6 Å². The Morgan fingerprint density at radius 1 is 1.19 bits per heavy atom. The van der Waals surface area contributed by atoms with E-state index in [4.69, 9.17) is 16.7 Å². The fourth-order valence-corrected chi connectivity index (χ4v) is 3.97. The predicted octanol–water partition coefficient (Wildman–Crippen LogP) is 4.06. The maximum Gasteiger partial charge on any atom is 0.0443 e. The van der Waals surface area contributed by atoms with Crippen LogP contribution in [-0.2, 0) is 6.42 Å². The zero-order valence-electron chi connectivity index (χ0n) is 11.7. The van der Waals surface area contributed by atoms with Crippen LogP contribution in [0.2, 0.25) is 5.02 Å². The summed E-state index contributed by atoms with van der Waals surface area (Å²) in [7, 11) is 0. The van der Waals surface area contributed by atoms with Crippen LogP contribution < -0.4 is 5.32 Å². The molecule has 110 valence electrons. The van der Waals surface area contributed by atoms with Crippen LogP contribution in [0, 0.1) is 0 Å². The van der Waals surface area contributed by atoms with E-state index in [2.05, 4.69) is 41.7 Å². The number of halogens is 1. The Balaban J connectivity index is 1.95. The molecule has 2 N–H and O–H groups in total. The highest BCUT2D eigenvalue weighted by atomic mass is 35.5. The van der Waals surface area contributed by atoms with E-state index in [-0.39, 0.29) is 12.6 Å². The van der Waals surface area contributed by atoms with Crippen LogP contribution in [0.4, 0.5) is 0 Å². The van der Waals surface area contributed by atoms with Gasteiger partial charge in [-0.05, 0) is 54.8 Å². The molecule has 0 fully saturated rings. The van der Waals surface area contributed by atoms with Crippen molar-refractivity contribution in [2.45, 2.75) is 28.7 Å². The Morgan fingerprint density at radius 3 is 2.90 bits per heavy atom. The van der Waals surface area contributed by atoms with Crippen molar-refractivity contribution in [3.8, 4) is 0 Å². The highest BCUT2D eigenvalue weighted by molar-refractivity contribution is 7.99.